The number of carboxylic acid groups (broad SMARTS) is 2. The Bertz CT molecular complexity index is 314. The summed E-state index contributed by atoms with van der Waals surface area (Å²) in [5, 5.41) is 21.3. The summed E-state index contributed by atoms with van der Waals surface area (Å²) < 4.78 is 0.176. The van der Waals surface area contributed by atoms with Crippen molar-refractivity contribution in [3.63, 3.8) is 0 Å². The van der Waals surface area contributed by atoms with E-state index in [1.165, 1.54) is 13.8 Å². The Labute approximate surface area is 224 Å². The van der Waals surface area contributed by atoms with Gasteiger partial charge in [-0.1, -0.05) is 8.64 Å². The molecule has 0 aliphatic rings. The van der Waals surface area contributed by atoms with E-state index >= 15 is 0 Å². The summed E-state index contributed by atoms with van der Waals surface area (Å²) in [6.07, 6.45) is 0. The van der Waals surface area contributed by atoms with Crippen molar-refractivity contribution in [2.45, 2.75) is 25.9 Å². The quantitative estimate of drug-likeness (QED) is 0.205. The topological polar surface area (TPSA) is 98.7 Å². The maximum atomic E-state index is 10.1. The van der Waals surface area contributed by atoms with Crippen molar-refractivity contribution in [2.24, 2.45) is 0 Å². The van der Waals surface area contributed by atoms with E-state index in [4.69, 9.17) is 10.2 Å². The van der Waals surface area contributed by atoms with E-state index < -0.39 is 24.0 Å². The first-order valence-corrected chi connectivity index (χ1v) is 6.11. The monoisotopic (exact) mass is 406 g/mol. The molecule has 0 aliphatic carbocycles. The van der Waals surface area contributed by atoms with Gasteiger partial charge in [0.1, 0.15) is 12.1 Å². The van der Waals surface area contributed by atoms with Crippen LogP contribution in [0.5, 0.6) is 0 Å². The molecule has 4 N–H and O–H groups in total. The molecular weight excluding hydrogens is 395 g/mol. The summed E-state index contributed by atoms with van der Waals surface area (Å²) in [5.74, 6) is -1.91. The third-order valence-electron chi connectivity index (χ3n) is 1.41. The van der Waals surface area contributed by atoms with Crippen LogP contribution in [0.2, 0.25) is 0 Å². The maximum Gasteiger partial charge on any atom is 1.00 e. The van der Waals surface area contributed by atoms with Crippen LogP contribution in [0.15, 0.2) is 0 Å². The number of carboxylic acids is 2. The molecule has 0 saturated carbocycles. The Morgan fingerprint density at radius 1 is 0.900 bits per heavy atom. The van der Waals surface area contributed by atoms with Crippen LogP contribution in [0.1, 0.15) is 13.8 Å². The van der Waals surface area contributed by atoms with Gasteiger partial charge in [0.2, 0.25) is 0 Å². The number of aliphatic carboxylic acids is 2. The molecule has 0 aromatic heterocycles. The molecule has 0 fully saturated rings. The predicted molar refractivity (Wildman–Crippen MR) is 80.4 cm³/mol. The molecule has 0 aromatic rings. The first-order valence-electron chi connectivity index (χ1n) is 4.48. The molecule has 0 bridgehead atoms. The van der Waals surface area contributed by atoms with E-state index in [0.717, 1.165) is 0 Å². The van der Waals surface area contributed by atoms with Gasteiger partial charge in [0, 0.05) is 0 Å². The number of nitrogens with one attached hydrogen (secondary N) is 2. The van der Waals surface area contributed by atoms with Crippen LogP contribution in [0.3, 0.4) is 0 Å². The van der Waals surface area contributed by atoms with E-state index in [-0.39, 0.29) is 111 Å². The minimum atomic E-state index is -0.956. The molecule has 0 rings (SSSR count). The van der Waals surface area contributed by atoms with Crippen molar-refractivity contribution in [1.82, 2.24) is 10.6 Å². The molecule has 6 nitrogen and oxygen atoms in total. The average molecular weight is 407 g/mol. The largest absolute Gasteiger partial charge is 1.00 e. The SMILES string of the molecule is CC(NC(=S)[S-])C(=O)O.CC(NC(=S)[S-])C(=O)O.[K+].[K+]. The minimum absolute atomic E-state index is 0. The minimum Gasteiger partial charge on any atom is -0.480 e. The molecule has 2 unspecified atom stereocenters. The van der Waals surface area contributed by atoms with Gasteiger partial charge in [-0.2, -0.15) is 0 Å². The molecule has 0 amide bonds. The Hall–Kier alpha value is 2.43. The number of carbonyl (C=O) groups is 2. The first kappa shape index (κ1) is 30.3. The number of thiocarbonyl (C=S) groups is 2. The van der Waals surface area contributed by atoms with E-state index in [1.807, 2.05) is 0 Å². The predicted octanol–water partition coefficient (Wildman–Crippen LogP) is -6.23. The fourth-order valence-corrected chi connectivity index (χ4v) is 1.18. The summed E-state index contributed by atoms with van der Waals surface area (Å²) in [6.45, 7) is 2.95. The summed E-state index contributed by atoms with van der Waals surface area (Å²) in [7, 11) is 0. The molecule has 0 aromatic carbocycles. The summed E-state index contributed by atoms with van der Waals surface area (Å²) in [4.78, 5) is 20.1. The van der Waals surface area contributed by atoms with Crippen LogP contribution >= 0.6 is 24.4 Å². The van der Waals surface area contributed by atoms with Crippen molar-refractivity contribution < 1.29 is 123 Å². The summed E-state index contributed by atoms with van der Waals surface area (Å²) in [5.41, 5.74) is 0. The van der Waals surface area contributed by atoms with Crippen LogP contribution in [-0.4, -0.2) is 42.9 Å². The van der Waals surface area contributed by atoms with Crippen LogP contribution in [0.4, 0.5) is 0 Å². The fourth-order valence-electron chi connectivity index (χ4n) is 0.477. The van der Waals surface area contributed by atoms with Crippen LogP contribution in [-0.2, 0) is 34.8 Å². The van der Waals surface area contributed by atoms with Gasteiger partial charge in [0.25, 0.3) is 0 Å². The molecule has 0 heterocycles. The molecular formula is C8H12K2N2O4S4. The number of rotatable bonds is 4. The fraction of sp³-hybridized carbons (Fsp3) is 0.500. The number of hydrogen-bond acceptors (Lipinski definition) is 6. The maximum absolute atomic E-state index is 10.1. The molecule has 0 radical (unpaired) electrons. The zero-order valence-electron chi connectivity index (χ0n) is 11.5. The van der Waals surface area contributed by atoms with Gasteiger partial charge in [-0.3, -0.25) is 9.59 Å². The average Bonchev–Trinajstić information content (AvgIpc) is 2.16. The van der Waals surface area contributed by atoms with Crippen molar-refractivity contribution >= 4 is 70.3 Å². The smallest absolute Gasteiger partial charge is 0.480 e. The van der Waals surface area contributed by atoms with Gasteiger partial charge in [0.15, 0.2) is 0 Å². The van der Waals surface area contributed by atoms with Crippen LogP contribution in [0.25, 0.3) is 0 Å². The van der Waals surface area contributed by atoms with E-state index in [1.54, 1.807) is 0 Å². The zero-order valence-corrected chi connectivity index (χ0v) is 21.0. The third kappa shape index (κ3) is 22.7. The van der Waals surface area contributed by atoms with Crippen LogP contribution < -0.4 is 113 Å². The molecule has 0 saturated heterocycles. The second-order valence-electron chi connectivity index (χ2n) is 2.98. The zero-order chi connectivity index (χ0) is 14.9. The number of hydrogen-bond donors (Lipinski definition) is 4. The first-order chi connectivity index (χ1) is 8.07. The van der Waals surface area contributed by atoms with Crippen molar-refractivity contribution in [3.8, 4) is 0 Å². The molecule has 0 spiro atoms. The van der Waals surface area contributed by atoms with Crippen LogP contribution in [0, 0.1) is 0 Å². The van der Waals surface area contributed by atoms with Gasteiger partial charge in [-0.05, 0) is 13.8 Å². The molecule has 0 aliphatic heterocycles. The Kier molecular flexibility index (Phi) is 27.0. The Morgan fingerprint density at radius 3 is 1.15 bits per heavy atom. The van der Waals surface area contributed by atoms with Gasteiger partial charge >= 0.3 is 115 Å². The standard InChI is InChI=1S/2C4H7NO2S2.2K/c2*1-2(3(6)7)5-4(8)9;;/h2*2H,1H3,(H,6,7)(H2,5,8,9);;/q;;2*+1/p-2. The van der Waals surface area contributed by atoms with E-state index in [0.29, 0.717) is 0 Å². The Balaban J connectivity index is -0.000000116. The Morgan fingerprint density at radius 2 is 1.10 bits per heavy atom. The normalized spacial score (nSPS) is 10.9. The molecule has 104 valence electrons. The van der Waals surface area contributed by atoms with Gasteiger partial charge in [-0.25, -0.2) is 0 Å². The van der Waals surface area contributed by atoms with E-state index in [9.17, 15) is 9.59 Å². The van der Waals surface area contributed by atoms with Crippen molar-refractivity contribution in [3.05, 3.63) is 0 Å². The molecule has 2 atom stereocenters. The molecule has 20 heavy (non-hydrogen) atoms. The van der Waals surface area contributed by atoms with Crippen molar-refractivity contribution in [2.75, 3.05) is 0 Å². The summed E-state index contributed by atoms with van der Waals surface area (Å²) >= 11 is 17.7. The second kappa shape index (κ2) is 17.8. The third-order valence-corrected chi connectivity index (χ3v) is 1.88. The summed E-state index contributed by atoms with van der Waals surface area (Å²) in [6, 6.07) is -1.37. The van der Waals surface area contributed by atoms with Gasteiger partial charge in [0.05, 0.1) is 0 Å². The van der Waals surface area contributed by atoms with Gasteiger partial charge in [-0.15, -0.1) is 0 Å². The van der Waals surface area contributed by atoms with Gasteiger partial charge < -0.3 is 70.5 Å². The van der Waals surface area contributed by atoms with E-state index in [2.05, 4.69) is 60.3 Å². The molecule has 12 heteroatoms. The second-order valence-corrected chi connectivity index (χ2v) is 5.13. The van der Waals surface area contributed by atoms with Crippen molar-refractivity contribution in [1.29, 1.82) is 0 Å².